The lowest BCUT2D eigenvalue weighted by atomic mass is 10.1. The van der Waals surface area contributed by atoms with E-state index in [1.807, 2.05) is 32.2 Å². The molecule has 0 amide bonds. The predicted octanol–water partition coefficient (Wildman–Crippen LogP) is 3.35. The van der Waals surface area contributed by atoms with Crippen LogP contribution in [0.2, 0.25) is 0 Å². The van der Waals surface area contributed by atoms with Crippen molar-refractivity contribution >= 4 is 11.6 Å². The Labute approximate surface area is 116 Å². The zero-order chi connectivity index (χ0) is 14.1. The fourth-order valence-corrected chi connectivity index (χ4v) is 2.08. The third-order valence-electron chi connectivity index (χ3n) is 3.19. The summed E-state index contributed by atoms with van der Waals surface area (Å²) in [7, 11) is 0. The smallest absolute Gasteiger partial charge is 0.243 e. The number of aryl methyl sites for hydroxylation is 1. The van der Waals surface area contributed by atoms with Gasteiger partial charge in [0.25, 0.3) is 0 Å². The number of halogens is 1. The van der Waals surface area contributed by atoms with E-state index >= 15 is 0 Å². The molecule has 2 heterocycles. The Kier molecular flexibility index (Phi) is 3.10. The van der Waals surface area contributed by atoms with Crippen molar-refractivity contribution in [1.82, 2.24) is 14.6 Å². The Morgan fingerprint density at radius 3 is 2.65 bits per heavy atom. The van der Waals surface area contributed by atoms with Crippen LogP contribution in [-0.2, 0) is 0 Å². The molecule has 1 aromatic carbocycles. The van der Waals surface area contributed by atoms with Crippen molar-refractivity contribution in [2.45, 2.75) is 19.9 Å². The van der Waals surface area contributed by atoms with Crippen LogP contribution in [0.4, 0.5) is 10.3 Å². The SMILES string of the molecule is Cc1ccc2nc(NC(C)c3ccc(F)cc3)nn2c1. The molecule has 0 aliphatic rings. The minimum atomic E-state index is -0.234. The molecule has 0 saturated carbocycles. The van der Waals surface area contributed by atoms with Gasteiger partial charge < -0.3 is 5.32 Å². The maximum absolute atomic E-state index is 12.9. The molecule has 0 aliphatic carbocycles. The predicted molar refractivity (Wildman–Crippen MR) is 76.2 cm³/mol. The van der Waals surface area contributed by atoms with Gasteiger partial charge >= 0.3 is 0 Å². The number of pyridine rings is 1. The van der Waals surface area contributed by atoms with Crippen LogP contribution in [0.15, 0.2) is 42.6 Å². The minimum absolute atomic E-state index is 0.00843. The molecule has 102 valence electrons. The van der Waals surface area contributed by atoms with Gasteiger partial charge in [-0.1, -0.05) is 18.2 Å². The molecule has 2 aromatic heterocycles. The summed E-state index contributed by atoms with van der Waals surface area (Å²) in [6.45, 7) is 4.00. The molecule has 20 heavy (non-hydrogen) atoms. The van der Waals surface area contributed by atoms with Gasteiger partial charge in [0.05, 0.1) is 6.04 Å². The van der Waals surface area contributed by atoms with Gasteiger partial charge in [-0.3, -0.25) is 0 Å². The average molecular weight is 270 g/mol. The van der Waals surface area contributed by atoms with Crippen molar-refractivity contribution in [3.8, 4) is 0 Å². The highest BCUT2D eigenvalue weighted by atomic mass is 19.1. The van der Waals surface area contributed by atoms with Crippen molar-refractivity contribution < 1.29 is 4.39 Å². The van der Waals surface area contributed by atoms with Crippen molar-refractivity contribution in [3.63, 3.8) is 0 Å². The lowest BCUT2D eigenvalue weighted by Gasteiger charge is -2.12. The Balaban J connectivity index is 1.83. The molecule has 0 spiro atoms. The third-order valence-corrected chi connectivity index (χ3v) is 3.19. The van der Waals surface area contributed by atoms with Crippen molar-refractivity contribution in [2.75, 3.05) is 5.32 Å². The molecular weight excluding hydrogens is 255 g/mol. The highest BCUT2D eigenvalue weighted by Gasteiger charge is 2.09. The zero-order valence-electron chi connectivity index (χ0n) is 11.3. The van der Waals surface area contributed by atoms with E-state index in [1.165, 1.54) is 12.1 Å². The fraction of sp³-hybridized carbons (Fsp3) is 0.200. The van der Waals surface area contributed by atoms with E-state index in [-0.39, 0.29) is 11.9 Å². The first-order valence-electron chi connectivity index (χ1n) is 6.47. The first-order valence-corrected chi connectivity index (χ1v) is 6.47. The number of anilines is 1. The van der Waals surface area contributed by atoms with Gasteiger partial charge in [0, 0.05) is 6.20 Å². The number of fused-ring (bicyclic) bond motifs is 1. The topological polar surface area (TPSA) is 42.2 Å². The molecule has 3 aromatic rings. The van der Waals surface area contributed by atoms with Crippen molar-refractivity contribution in [3.05, 3.63) is 59.5 Å². The van der Waals surface area contributed by atoms with Crippen LogP contribution in [0.1, 0.15) is 24.1 Å². The first kappa shape index (κ1) is 12.6. The molecule has 3 rings (SSSR count). The van der Waals surface area contributed by atoms with Crippen LogP contribution >= 0.6 is 0 Å². The summed E-state index contributed by atoms with van der Waals surface area (Å²) in [5, 5.41) is 7.60. The third kappa shape index (κ3) is 2.47. The second kappa shape index (κ2) is 4.92. The average Bonchev–Trinajstić information content (AvgIpc) is 2.80. The van der Waals surface area contributed by atoms with E-state index in [0.29, 0.717) is 5.95 Å². The number of hydrogen-bond donors (Lipinski definition) is 1. The van der Waals surface area contributed by atoms with E-state index < -0.39 is 0 Å². The summed E-state index contributed by atoms with van der Waals surface area (Å²) in [6.07, 6.45) is 1.93. The van der Waals surface area contributed by atoms with E-state index in [9.17, 15) is 4.39 Å². The molecule has 1 atom stereocenters. The van der Waals surface area contributed by atoms with E-state index in [1.54, 1.807) is 16.6 Å². The van der Waals surface area contributed by atoms with Gasteiger partial charge in [-0.2, -0.15) is 4.98 Å². The lowest BCUT2D eigenvalue weighted by Crippen LogP contribution is -2.08. The van der Waals surface area contributed by atoms with Crippen molar-refractivity contribution in [1.29, 1.82) is 0 Å². The fourth-order valence-electron chi connectivity index (χ4n) is 2.08. The van der Waals surface area contributed by atoms with Gasteiger partial charge in [-0.25, -0.2) is 8.91 Å². The van der Waals surface area contributed by atoms with Gasteiger partial charge in [-0.05, 0) is 43.2 Å². The number of hydrogen-bond acceptors (Lipinski definition) is 3. The molecule has 0 saturated heterocycles. The minimum Gasteiger partial charge on any atom is -0.346 e. The van der Waals surface area contributed by atoms with Gasteiger partial charge in [0.2, 0.25) is 5.95 Å². The molecule has 0 fully saturated rings. The van der Waals surface area contributed by atoms with Crippen LogP contribution in [0.3, 0.4) is 0 Å². The molecule has 5 heteroatoms. The normalized spacial score (nSPS) is 12.6. The summed E-state index contributed by atoms with van der Waals surface area (Å²) >= 11 is 0. The quantitative estimate of drug-likeness (QED) is 0.793. The standard InChI is InChI=1S/C15H15FN4/c1-10-3-8-14-18-15(19-20(14)9-10)17-11(2)12-4-6-13(16)7-5-12/h3-9,11H,1-2H3,(H,17,19). The Morgan fingerprint density at radius 1 is 1.15 bits per heavy atom. The second-order valence-corrected chi connectivity index (χ2v) is 4.86. The van der Waals surface area contributed by atoms with Gasteiger partial charge in [0.1, 0.15) is 5.82 Å². The van der Waals surface area contributed by atoms with Crippen LogP contribution in [0, 0.1) is 12.7 Å². The number of rotatable bonds is 3. The molecular formula is C15H15FN4. The zero-order valence-corrected chi connectivity index (χ0v) is 11.3. The molecule has 1 unspecified atom stereocenters. The van der Waals surface area contributed by atoms with Crippen molar-refractivity contribution in [2.24, 2.45) is 0 Å². The highest BCUT2D eigenvalue weighted by molar-refractivity contribution is 5.45. The molecule has 0 bridgehead atoms. The second-order valence-electron chi connectivity index (χ2n) is 4.86. The van der Waals surface area contributed by atoms with Crippen LogP contribution in [-0.4, -0.2) is 14.6 Å². The largest absolute Gasteiger partial charge is 0.346 e. The lowest BCUT2D eigenvalue weighted by molar-refractivity contribution is 0.626. The molecule has 4 nitrogen and oxygen atoms in total. The number of nitrogens with zero attached hydrogens (tertiary/aromatic N) is 3. The van der Waals surface area contributed by atoms with Gasteiger partial charge in [0.15, 0.2) is 5.65 Å². The molecule has 0 aliphatic heterocycles. The Morgan fingerprint density at radius 2 is 1.90 bits per heavy atom. The van der Waals surface area contributed by atoms with Crippen LogP contribution in [0.25, 0.3) is 5.65 Å². The monoisotopic (exact) mass is 270 g/mol. The first-order chi connectivity index (χ1) is 9.61. The van der Waals surface area contributed by atoms with E-state index in [2.05, 4.69) is 15.4 Å². The molecule has 1 N–H and O–H groups in total. The van der Waals surface area contributed by atoms with E-state index in [4.69, 9.17) is 0 Å². The van der Waals surface area contributed by atoms with Crippen LogP contribution in [0.5, 0.6) is 0 Å². The Bertz CT molecular complexity index is 733. The summed E-state index contributed by atoms with van der Waals surface area (Å²) < 4.78 is 14.7. The van der Waals surface area contributed by atoms with E-state index in [0.717, 1.165) is 16.8 Å². The van der Waals surface area contributed by atoms with Crippen LogP contribution < -0.4 is 5.32 Å². The summed E-state index contributed by atoms with van der Waals surface area (Å²) in [4.78, 5) is 4.40. The summed E-state index contributed by atoms with van der Waals surface area (Å²) in [5.41, 5.74) is 2.91. The Hall–Kier alpha value is -2.43. The maximum Gasteiger partial charge on any atom is 0.243 e. The highest BCUT2D eigenvalue weighted by Crippen LogP contribution is 2.18. The number of nitrogens with one attached hydrogen (secondary N) is 1. The number of benzene rings is 1. The maximum atomic E-state index is 12.9. The molecule has 0 radical (unpaired) electrons. The van der Waals surface area contributed by atoms with Gasteiger partial charge in [-0.15, -0.1) is 5.10 Å². The number of aromatic nitrogens is 3. The summed E-state index contributed by atoms with van der Waals surface area (Å²) in [6, 6.07) is 10.4. The summed E-state index contributed by atoms with van der Waals surface area (Å²) in [5.74, 6) is 0.328.